The molecule has 0 aliphatic rings. The standard InChI is InChI=1S/C14H15BrN4O3/c1-19-8-10(15)13(18-19)14(20)17-16-7-9-4-5-11(21-2)12(6-9)22-3/h4-8H,1-3H3,(H,17,20). The van der Waals surface area contributed by atoms with Gasteiger partial charge in [-0.3, -0.25) is 9.48 Å². The van der Waals surface area contributed by atoms with Crippen molar-refractivity contribution < 1.29 is 14.3 Å². The summed E-state index contributed by atoms with van der Waals surface area (Å²) in [6.07, 6.45) is 3.20. The van der Waals surface area contributed by atoms with E-state index in [1.807, 2.05) is 0 Å². The van der Waals surface area contributed by atoms with E-state index >= 15 is 0 Å². The quantitative estimate of drug-likeness (QED) is 0.648. The van der Waals surface area contributed by atoms with Crippen molar-refractivity contribution >= 4 is 28.1 Å². The largest absolute Gasteiger partial charge is 0.493 e. The third-order valence-corrected chi connectivity index (χ3v) is 3.37. The lowest BCUT2D eigenvalue weighted by Crippen LogP contribution is -2.19. The van der Waals surface area contributed by atoms with Crippen LogP contribution in [0.3, 0.4) is 0 Å². The van der Waals surface area contributed by atoms with Gasteiger partial charge in [-0.1, -0.05) is 0 Å². The summed E-state index contributed by atoms with van der Waals surface area (Å²) in [7, 11) is 4.85. The molecule has 0 saturated heterocycles. The Morgan fingerprint density at radius 3 is 2.68 bits per heavy atom. The Bertz CT molecular complexity index is 712. The van der Waals surface area contributed by atoms with Crippen LogP contribution in [0.5, 0.6) is 11.5 Å². The van der Waals surface area contributed by atoms with Crippen molar-refractivity contribution in [3.63, 3.8) is 0 Å². The van der Waals surface area contributed by atoms with Gasteiger partial charge >= 0.3 is 0 Å². The molecule has 0 aliphatic heterocycles. The minimum atomic E-state index is -0.399. The first-order valence-electron chi connectivity index (χ1n) is 6.29. The molecule has 0 radical (unpaired) electrons. The number of aryl methyl sites for hydroxylation is 1. The van der Waals surface area contributed by atoms with Crippen LogP contribution in [-0.4, -0.2) is 36.1 Å². The van der Waals surface area contributed by atoms with Gasteiger partial charge in [-0.05, 0) is 39.7 Å². The first kappa shape index (κ1) is 16.0. The average molecular weight is 367 g/mol. The van der Waals surface area contributed by atoms with Crippen molar-refractivity contribution in [3.05, 3.63) is 40.1 Å². The number of nitrogens with zero attached hydrogens (tertiary/aromatic N) is 3. The van der Waals surface area contributed by atoms with E-state index in [0.29, 0.717) is 16.0 Å². The highest BCUT2D eigenvalue weighted by molar-refractivity contribution is 9.10. The molecule has 0 aliphatic carbocycles. The first-order chi connectivity index (χ1) is 10.5. The number of ether oxygens (including phenoxy) is 2. The van der Waals surface area contributed by atoms with E-state index in [1.54, 1.807) is 45.7 Å². The summed E-state index contributed by atoms with van der Waals surface area (Å²) < 4.78 is 12.5. The van der Waals surface area contributed by atoms with Crippen LogP contribution in [-0.2, 0) is 7.05 Å². The molecular formula is C14H15BrN4O3. The van der Waals surface area contributed by atoms with Crippen LogP contribution in [0.2, 0.25) is 0 Å². The number of benzene rings is 1. The second kappa shape index (κ2) is 7.08. The molecule has 1 heterocycles. The van der Waals surface area contributed by atoms with E-state index < -0.39 is 5.91 Å². The van der Waals surface area contributed by atoms with Gasteiger partial charge in [-0.25, -0.2) is 5.43 Å². The van der Waals surface area contributed by atoms with Crippen LogP contribution in [0.15, 0.2) is 34.0 Å². The SMILES string of the molecule is COc1ccc(C=NNC(=O)c2nn(C)cc2Br)cc1OC. The number of aromatic nitrogens is 2. The van der Waals surface area contributed by atoms with Crippen molar-refractivity contribution in [1.29, 1.82) is 0 Å². The molecule has 7 nitrogen and oxygen atoms in total. The normalized spacial score (nSPS) is 10.7. The van der Waals surface area contributed by atoms with E-state index in [-0.39, 0.29) is 5.69 Å². The number of rotatable bonds is 5. The summed E-state index contributed by atoms with van der Waals surface area (Å²) >= 11 is 3.26. The van der Waals surface area contributed by atoms with Crippen molar-refractivity contribution in [2.24, 2.45) is 12.1 Å². The zero-order chi connectivity index (χ0) is 16.1. The predicted octanol–water partition coefficient (Wildman–Crippen LogP) is 1.96. The molecule has 1 aromatic heterocycles. The minimum absolute atomic E-state index is 0.270. The fourth-order valence-corrected chi connectivity index (χ4v) is 2.32. The topological polar surface area (TPSA) is 77.7 Å². The molecule has 0 atom stereocenters. The second-order valence-corrected chi connectivity index (χ2v) is 5.17. The van der Waals surface area contributed by atoms with Crippen LogP contribution in [0.4, 0.5) is 0 Å². The molecule has 0 fully saturated rings. The van der Waals surface area contributed by atoms with Crippen molar-refractivity contribution in [1.82, 2.24) is 15.2 Å². The highest BCUT2D eigenvalue weighted by Gasteiger charge is 2.13. The molecule has 2 aromatic rings. The molecule has 2 rings (SSSR count). The van der Waals surface area contributed by atoms with Crippen molar-refractivity contribution in [2.75, 3.05) is 14.2 Å². The summed E-state index contributed by atoms with van der Waals surface area (Å²) in [5, 5.41) is 7.94. The van der Waals surface area contributed by atoms with E-state index in [1.165, 1.54) is 10.9 Å². The van der Waals surface area contributed by atoms with Gasteiger partial charge in [0.15, 0.2) is 17.2 Å². The molecule has 0 saturated carbocycles. The number of nitrogens with one attached hydrogen (secondary N) is 1. The Kier molecular flexibility index (Phi) is 5.16. The van der Waals surface area contributed by atoms with Crippen LogP contribution in [0.1, 0.15) is 16.1 Å². The van der Waals surface area contributed by atoms with Crippen LogP contribution in [0.25, 0.3) is 0 Å². The molecule has 116 valence electrons. The summed E-state index contributed by atoms with van der Waals surface area (Å²) in [6.45, 7) is 0. The van der Waals surface area contributed by atoms with Gasteiger partial charge in [0.25, 0.3) is 5.91 Å². The highest BCUT2D eigenvalue weighted by Crippen LogP contribution is 2.26. The lowest BCUT2D eigenvalue weighted by Gasteiger charge is -2.07. The van der Waals surface area contributed by atoms with E-state index in [4.69, 9.17) is 9.47 Å². The van der Waals surface area contributed by atoms with Gasteiger partial charge in [0.05, 0.1) is 24.9 Å². The number of hydrogen-bond acceptors (Lipinski definition) is 5. The lowest BCUT2D eigenvalue weighted by atomic mass is 10.2. The Morgan fingerprint density at radius 1 is 1.36 bits per heavy atom. The van der Waals surface area contributed by atoms with Crippen LogP contribution >= 0.6 is 15.9 Å². The van der Waals surface area contributed by atoms with Gasteiger partial charge in [-0.2, -0.15) is 10.2 Å². The zero-order valence-corrected chi connectivity index (χ0v) is 13.9. The van der Waals surface area contributed by atoms with Gasteiger partial charge in [0, 0.05) is 13.2 Å². The maximum absolute atomic E-state index is 11.9. The Labute approximate surface area is 136 Å². The molecular weight excluding hydrogens is 352 g/mol. The lowest BCUT2D eigenvalue weighted by molar-refractivity contribution is 0.0948. The molecule has 0 unspecified atom stereocenters. The number of methoxy groups -OCH3 is 2. The minimum Gasteiger partial charge on any atom is -0.493 e. The van der Waals surface area contributed by atoms with Crippen molar-refractivity contribution in [3.8, 4) is 11.5 Å². The Balaban J connectivity index is 2.06. The molecule has 1 amide bonds. The summed E-state index contributed by atoms with van der Waals surface area (Å²) in [5.74, 6) is 0.815. The molecule has 0 spiro atoms. The fraction of sp³-hybridized carbons (Fsp3) is 0.214. The molecule has 1 aromatic carbocycles. The van der Waals surface area contributed by atoms with Gasteiger partial charge < -0.3 is 9.47 Å². The molecule has 1 N–H and O–H groups in total. The number of hydrogen-bond donors (Lipinski definition) is 1. The maximum atomic E-state index is 11.9. The fourth-order valence-electron chi connectivity index (χ4n) is 1.76. The third kappa shape index (κ3) is 3.64. The molecule has 22 heavy (non-hydrogen) atoms. The predicted molar refractivity (Wildman–Crippen MR) is 85.5 cm³/mol. The Hall–Kier alpha value is -2.35. The second-order valence-electron chi connectivity index (χ2n) is 4.31. The monoisotopic (exact) mass is 366 g/mol. The van der Waals surface area contributed by atoms with E-state index in [2.05, 4.69) is 31.6 Å². The average Bonchev–Trinajstić information content (AvgIpc) is 2.85. The summed E-state index contributed by atoms with van der Waals surface area (Å²) in [4.78, 5) is 11.9. The highest BCUT2D eigenvalue weighted by atomic mass is 79.9. The Morgan fingerprint density at radius 2 is 2.09 bits per heavy atom. The van der Waals surface area contributed by atoms with Crippen LogP contribution in [0, 0.1) is 0 Å². The number of carbonyl (C=O) groups excluding carboxylic acids is 1. The van der Waals surface area contributed by atoms with Gasteiger partial charge in [0.2, 0.25) is 0 Å². The number of amides is 1. The van der Waals surface area contributed by atoms with Gasteiger partial charge in [-0.15, -0.1) is 0 Å². The van der Waals surface area contributed by atoms with Crippen LogP contribution < -0.4 is 14.9 Å². The molecule has 0 bridgehead atoms. The van der Waals surface area contributed by atoms with Gasteiger partial charge in [0.1, 0.15) is 0 Å². The smallest absolute Gasteiger partial charge is 0.293 e. The number of carbonyl (C=O) groups is 1. The summed E-state index contributed by atoms with van der Waals surface area (Å²) in [5.41, 5.74) is 3.45. The number of halogens is 1. The van der Waals surface area contributed by atoms with E-state index in [9.17, 15) is 4.79 Å². The molecule has 8 heteroatoms. The van der Waals surface area contributed by atoms with Crippen molar-refractivity contribution in [2.45, 2.75) is 0 Å². The first-order valence-corrected chi connectivity index (χ1v) is 7.09. The maximum Gasteiger partial charge on any atom is 0.293 e. The third-order valence-electron chi connectivity index (χ3n) is 2.79. The summed E-state index contributed by atoms with van der Waals surface area (Å²) in [6, 6.07) is 5.32. The van der Waals surface area contributed by atoms with E-state index in [0.717, 1.165) is 5.56 Å². The number of hydrazone groups is 1. The zero-order valence-electron chi connectivity index (χ0n) is 12.3.